The van der Waals surface area contributed by atoms with Gasteiger partial charge in [0.1, 0.15) is 17.9 Å². The number of furan rings is 1. The van der Waals surface area contributed by atoms with E-state index in [0.717, 1.165) is 11.6 Å². The maximum atomic E-state index is 12.9. The smallest absolute Gasteiger partial charge is 0.224 e. The van der Waals surface area contributed by atoms with Crippen molar-refractivity contribution < 1.29 is 18.7 Å². The molecule has 3 rings (SSSR count). The largest absolute Gasteiger partial charge is 0.504 e. The van der Waals surface area contributed by atoms with E-state index in [0.29, 0.717) is 12.2 Å². The number of aromatic nitrogens is 3. The van der Waals surface area contributed by atoms with E-state index in [4.69, 9.17) is 16.0 Å². The summed E-state index contributed by atoms with van der Waals surface area (Å²) in [6.45, 7) is 0. The Morgan fingerprint density at radius 1 is 1.38 bits per heavy atom. The number of allylic oxidation sites excluding steroid dienone is 1. The summed E-state index contributed by atoms with van der Waals surface area (Å²) in [7, 11) is 0. The molecule has 0 saturated carbocycles. The Labute approximate surface area is 140 Å². The monoisotopic (exact) mass is 347 g/mol. The Balaban J connectivity index is 1.79. The number of carbonyl (C=O) groups is 1. The number of nitrogens with zero attached hydrogens (tertiary/aromatic N) is 2. The van der Waals surface area contributed by atoms with E-state index in [1.165, 1.54) is 24.5 Å². The average molecular weight is 348 g/mol. The number of nitrogens with one attached hydrogen (secondary N) is 1. The van der Waals surface area contributed by atoms with Gasteiger partial charge in [-0.15, -0.1) is 0 Å². The molecule has 0 aliphatic rings. The average Bonchev–Trinajstić information content (AvgIpc) is 3.20. The minimum absolute atomic E-state index is 0.0248. The number of aliphatic hydroxyl groups is 1. The first-order chi connectivity index (χ1) is 11.5. The quantitative estimate of drug-likeness (QED) is 0.418. The summed E-state index contributed by atoms with van der Waals surface area (Å²) in [5.41, 5.74) is 0.784. The molecule has 0 aliphatic heterocycles. The normalized spacial score (nSPS) is 11.7. The van der Waals surface area contributed by atoms with Gasteiger partial charge in [-0.05, 0) is 17.7 Å². The second-order valence-electron chi connectivity index (χ2n) is 4.91. The molecule has 2 heterocycles. The van der Waals surface area contributed by atoms with Crippen molar-refractivity contribution in [1.29, 1.82) is 0 Å². The highest BCUT2D eigenvalue weighted by molar-refractivity contribution is 6.31. The van der Waals surface area contributed by atoms with Crippen molar-refractivity contribution in [3.05, 3.63) is 76.5 Å². The molecule has 3 aromatic rings. The molecule has 0 aliphatic carbocycles. The van der Waals surface area contributed by atoms with Crippen molar-refractivity contribution in [2.45, 2.75) is 6.42 Å². The number of hydrogen-bond donors (Lipinski definition) is 2. The van der Waals surface area contributed by atoms with Gasteiger partial charge in [0.05, 0.1) is 5.02 Å². The lowest BCUT2D eigenvalue weighted by Crippen LogP contribution is -1.96. The van der Waals surface area contributed by atoms with Gasteiger partial charge >= 0.3 is 0 Å². The van der Waals surface area contributed by atoms with E-state index >= 15 is 0 Å². The number of halogens is 2. The summed E-state index contributed by atoms with van der Waals surface area (Å²) >= 11 is 6.07. The lowest BCUT2D eigenvalue weighted by Gasteiger charge is -1.99. The van der Waals surface area contributed by atoms with E-state index in [1.54, 1.807) is 12.1 Å². The second kappa shape index (κ2) is 6.67. The Morgan fingerprint density at radius 3 is 2.79 bits per heavy atom. The molecule has 0 saturated heterocycles. The first kappa shape index (κ1) is 15.9. The second-order valence-corrected chi connectivity index (χ2v) is 5.32. The summed E-state index contributed by atoms with van der Waals surface area (Å²) in [5, 5.41) is 16.1. The molecule has 6 nitrogen and oxygen atoms in total. The van der Waals surface area contributed by atoms with Crippen molar-refractivity contribution in [3.8, 4) is 0 Å². The highest BCUT2D eigenvalue weighted by atomic mass is 35.5. The van der Waals surface area contributed by atoms with Crippen LogP contribution in [0.3, 0.4) is 0 Å². The van der Waals surface area contributed by atoms with Crippen molar-refractivity contribution in [1.82, 2.24) is 15.2 Å². The van der Waals surface area contributed by atoms with E-state index in [-0.39, 0.29) is 28.2 Å². The van der Waals surface area contributed by atoms with Gasteiger partial charge in [-0.1, -0.05) is 23.7 Å². The SMILES string of the molecule is O=C(/C=C(/O)c1ncn[nH]1)c1cc(Cl)c(Cc2ccc(F)cc2)o1. The topological polar surface area (TPSA) is 92.0 Å². The first-order valence-electron chi connectivity index (χ1n) is 6.86. The summed E-state index contributed by atoms with van der Waals surface area (Å²) in [6, 6.07) is 7.23. The van der Waals surface area contributed by atoms with Crippen LogP contribution in [0.5, 0.6) is 0 Å². The zero-order valence-electron chi connectivity index (χ0n) is 12.2. The molecule has 0 radical (unpaired) electrons. The van der Waals surface area contributed by atoms with Gasteiger partial charge in [0.25, 0.3) is 0 Å². The Kier molecular flexibility index (Phi) is 4.43. The summed E-state index contributed by atoms with van der Waals surface area (Å²) in [4.78, 5) is 15.8. The van der Waals surface area contributed by atoms with Gasteiger partial charge in [0.15, 0.2) is 17.3 Å². The molecule has 0 fully saturated rings. The van der Waals surface area contributed by atoms with E-state index in [2.05, 4.69) is 15.2 Å². The van der Waals surface area contributed by atoms with Gasteiger partial charge in [-0.2, -0.15) is 5.10 Å². The van der Waals surface area contributed by atoms with Crippen LogP contribution >= 0.6 is 11.6 Å². The Morgan fingerprint density at radius 2 is 2.12 bits per heavy atom. The standard InChI is InChI=1S/C16H11ClFN3O3/c17-11-6-15(12(22)7-13(23)16-19-8-20-21-16)24-14(11)5-9-1-3-10(18)4-2-9/h1-4,6-8,23H,5H2,(H,19,20,21)/b13-7+. The van der Waals surface area contributed by atoms with E-state index in [1.807, 2.05) is 0 Å². The fourth-order valence-electron chi connectivity index (χ4n) is 2.03. The maximum Gasteiger partial charge on any atom is 0.224 e. The number of carbonyl (C=O) groups excluding carboxylic acids is 1. The van der Waals surface area contributed by atoms with Crippen LogP contribution in [0.4, 0.5) is 4.39 Å². The summed E-state index contributed by atoms with van der Waals surface area (Å²) in [5.74, 6) is -0.871. The molecule has 0 unspecified atom stereocenters. The molecule has 1 aromatic carbocycles. The minimum atomic E-state index is -0.573. The van der Waals surface area contributed by atoms with Gasteiger partial charge in [-0.3, -0.25) is 9.89 Å². The molecular formula is C16H11ClFN3O3. The third kappa shape index (κ3) is 3.52. The van der Waals surface area contributed by atoms with Crippen molar-refractivity contribution in [2.75, 3.05) is 0 Å². The van der Waals surface area contributed by atoms with E-state index in [9.17, 15) is 14.3 Å². The van der Waals surface area contributed by atoms with Crippen LogP contribution < -0.4 is 0 Å². The molecule has 2 N–H and O–H groups in total. The predicted molar refractivity (Wildman–Crippen MR) is 84.2 cm³/mol. The molecule has 24 heavy (non-hydrogen) atoms. The highest BCUT2D eigenvalue weighted by Crippen LogP contribution is 2.25. The first-order valence-corrected chi connectivity index (χ1v) is 7.24. The zero-order valence-corrected chi connectivity index (χ0v) is 12.9. The number of ketones is 1. The Bertz CT molecular complexity index is 886. The summed E-state index contributed by atoms with van der Waals surface area (Å²) < 4.78 is 18.4. The van der Waals surface area contributed by atoms with Crippen LogP contribution in [-0.2, 0) is 6.42 Å². The molecular weight excluding hydrogens is 337 g/mol. The third-order valence-corrected chi connectivity index (χ3v) is 3.52. The molecule has 0 bridgehead atoms. The number of rotatable bonds is 5. The van der Waals surface area contributed by atoms with Crippen molar-refractivity contribution in [2.24, 2.45) is 0 Å². The maximum absolute atomic E-state index is 12.9. The zero-order chi connectivity index (χ0) is 17.1. The lowest BCUT2D eigenvalue weighted by molar-refractivity contribution is 0.101. The molecule has 2 aromatic heterocycles. The Hall–Kier alpha value is -2.93. The fraction of sp³-hybridized carbons (Fsp3) is 0.0625. The minimum Gasteiger partial charge on any atom is -0.504 e. The molecule has 0 amide bonds. The van der Waals surface area contributed by atoms with Crippen molar-refractivity contribution >= 4 is 23.1 Å². The number of aliphatic hydroxyl groups excluding tert-OH is 1. The van der Waals surface area contributed by atoms with Crippen molar-refractivity contribution in [3.63, 3.8) is 0 Å². The molecule has 0 spiro atoms. The van der Waals surface area contributed by atoms with E-state index < -0.39 is 5.78 Å². The number of benzene rings is 1. The van der Waals surface area contributed by atoms with Gasteiger partial charge in [-0.25, -0.2) is 9.37 Å². The van der Waals surface area contributed by atoms with Gasteiger partial charge < -0.3 is 9.52 Å². The molecule has 0 atom stereocenters. The molecule has 122 valence electrons. The third-order valence-electron chi connectivity index (χ3n) is 3.20. The number of H-pyrrole nitrogens is 1. The summed E-state index contributed by atoms with van der Waals surface area (Å²) in [6.07, 6.45) is 2.47. The predicted octanol–water partition coefficient (Wildman–Crippen LogP) is 3.56. The lowest BCUT2D eigenvalue weighted by atomic mass is 10.1. The van der Waals surface area contributed by atoms with Crippen LogP contribution in [0, 0.1) is 5.82 Å². The van der Waals surface area contributed by atoms with Gasteiger partial charge in [0, 0.05) is 18.6 Å². The van der Waals surface area contributed by atoms with Crippen LogP contribution in [-0.4, -0.2) is 26.1 Å². The number of hydrogen-bond acceptors (Lipinski definition) is 5. The van der Waals surface area contributed by atoms with Crippen LogP contribution in [0.1, 0.15) is 27.7 Å². The van der Waals surface area contributed by atoms with Gasteiger partial charge in [0.2, 0.25) is 5.78 Å². The van der Waals surface area contributed by atoms with Crippen LogP contribution in [0.15, 0.2) is 47.2 Å². The van der Waals surface area contributed by atoms with Crippen LogP contribution in [0.25, 0.3) is 5.76 Å². The number of aromatic amines is 1. The molecule has 8 heteroatoms. The van der Waals surface area contributed by atoms with Crippen LogP contribution in [0.2, 0.25) is 5.02 Å². The fourth-order valence-corrected chi connectivity index (χ4v) is 2.23. The highest BCUT2D eigenvalue weighted by Gasteiger charge is 2.16.